The first-order chi connectivity index (χ1) is 36.0. The van der Waals surface area contributed by atoms with Gasteiger partial charge in [-0.1, -0.05) is 150 Å². The molecule has 3 fully saturated rings. The minimum Gasteiger partial charge on any atom is -0.508 e. The SMILES string of the molecule is C=CCC1=C2c3ccc(OCc4ccccc4)cc3CCC2C2CC[C@H](OCc3ccccc3)[C@@]2(C)C1.CCCC(CCCCCCCC[C@H]1C[C@@]2(C)C(CC[C@@H]2O)C2CCc3cc(O)ccc3C21)C(=O)OCC. The zero-order valence-electron chi connectivity index (χ0n) is 45.7. The van der Waals surface area contributed by atoms with Crippen LogP contribution in [0.25, 0.3) is 5.57 Å². The highest BCUT2D eigenvalue weighted by molar-refractivity contribution is 5.77. The van der Waals surface area contributed by atoms with Crippen molar-refractivity contribution in [3.63, 3.8) is 0 Å². The molecule has 0 bridgehead atoms. The Bertz CT molecular complexity index is 2500. The zero-order chi connectivity index (χ0) is 51.7. The molecule has 74 heavy (non-hydrogen) atoms. The molecular formula is C68H90O6. The molecule has 0 amide bonds. The lowest BCUT2D eigenvalue weighted by molar-refractivity contribution is -0.148. The summed E-state index contributed by atoms with van der Waals surface area (Å²) in [6, 6.07) is 34.0. The number of carbonyl (C=O) groups excluding carboxylic acids is 1. The number of aromatic hydroxyl groups is 1. The fourth-order valence-corrected chi connectivity index (χ4v) is 16.1. The Balaban J connectivity index is 0.000000182. The van der Waals surface area contributed by atoms with Crippen molar-refractivity contribution >= 4 is 11.5 Å². The number of hydrogen-bond acceptors (Lipinski definition) is 6. The first-order valence-electron chi connectivity index (χ1n) is 29.5. The molecule has 0 heterocycles. The maximum absolute atomic E-state index is 12.1. The van der Waals surface area contributed by atoms with Crippen LogP contribution in [0, 0.1) is 46.3 Å². The minimum atomic E-state index is -0.145. The Hall–Kier alpha value is -4.65. The van der Waals surface area contributed by atoms with Crippen molar-refractivity contribution in [3.8, 4) is 11.5 Å². The molecule has 6 unspecified atom stereocenters. The molecule has 0 saturated heterocycles. The number of fused-ring (bicyclic) bond motifs is 10. The molecule has 6 heteroatoms. The van der Waals surface area contributed by atoms with Gasteiger partial charge >= 0.3 is 5.97 Å². The summed E-state index contributed by atoms with van der Waals surface area (Å²) in [6.45, 7) is 14.9. The van der Waals surface area contributed by atoms with Crippen LogP contribution in [-0.2, 0) is 40.3 Å². The van der Waals surface area contributed by atoms with E-state index in [0.29, 0.717) is 67.2 Å². The van der Waals surface area contributed by atoms with E-state index in [4.69, 9.17) is 14.2 Å². The maximum Gasteiger partial charge on any atom is 0.308 e. The number of hydrogen-bond donors (Lipinski definition) is 2. The second-order valence-electron chi connectivity index (χ2n) is 24.1. The predicted octanol–water partition coefficient (Wildman–Crippen LogP) is 16.5. The predicted molar refractivity (Wildman–Crippen MR) is 301 cm³/mol. The highest BCUT2D eigenvalue weighted by atomic mass is 16.5. The lowest BCUT2D eigenvalue weighted by atomic mass is 9.51. The first kappa shape index (κ1) is 54.2. The number of rotatable bonds is 21. The second kappa shape index (κ2) is 25.0. The summed E-state index contributed by atoms with van der Waals surface area (Å²) in [6.07, 6.45) is 26.2. The van der Waals surface area contributed by atoms with Crippen LogP contribution in [0.5, 0.6) is 11.5 Å². The molecule has 398 valence electrons. The molecule has 4 aromatic carbocycles. The Morgan fingerprint density at radius 3 is 2.22 bits per heavy atom. The van der Waals surface area contributed by atoms with Crippen molar-refractivity contribution in [1.29, 1.82) is 0 Å². The molecule has 2 N–H and O–H groups in total. The van der Waals surface area contributed by atoms with Gasteiger partial charge in [-0.15, -0.1) is 6.58 Å². The summed E-state index contributed by atoms with van der Waals surface area (Å²) in [5.41, 5.74) is 11.7. The van der Waals surface area contributed by atoms with Gasteiger partial charge < -0.3 is 24.4 Å². The molecule has 6 aliphatic rings. The van der Waals surface area contributed by atoms with E-state index in [1.165, 1.54) is 97.6 Å². The maximum atomic E-state index is 12.1. The van der Waals surface area contributed by atoms with Crippen LogP contribution >= 0.6 is 0 Å². The highest BCUT2D eigenvalue weighted by Gasteiger charge is 2.58. The number of carbonyl (C=O) groups is 1. The Kier molecular flexibility index (Phi) is 18.3. The molecule has 0 spiro atoms. The molecular weight excluding hydrogens is 913 g/mol. The number of aliphatic hydroxyl groups is 1. The van der Waals surface area contributed by atoms with Crippen LogP contribution in [0.15, 0.2) is 115 Å². The van der Waals surface area contributed by atoms with Crippen molar-refractivity contribution in [2.75, 3.05) is 6.61 Å². The van der Waals surface area contributed by atoms with Gasteiger partial charge in [-0.2, -0.15) is 0 Å². The van der Waals surface area contributed by atoms with E-state index in [0.717, 1.165) is 76.4 Å². The molecule has 0 radical (unpaired) electrons. The number of unbranched alkanes of at least 4 members (excludes halogenated alkanes) is 5. The number of ether oxygens (including phenoxy) is 3. The summed E-state index contributed by atoms with van der Waals surface area (Å²) in [5, 5.41) is 21.1. The number of phenolic OH excluding ortho intramolecular Hbond substituents is 1. The molecule has 3 saturated carbocycles. The Labute approximate surface area is 445 Å². The summed E-state index contributed by atoms with van der Waals surface area (Å²) in [5.74, 6) is 5.27. The monoisotopic (exact) mass is 1000 g/mol. The van der Waals surface area contributed by atoms with E-state index in [-0.39, 0.29) is 28.8 Å². The molecule has 4 aromatic rings. The number of aliphatic hydroxyl groups excluding tert-OH is 1. The molecule has 0 aliphatic heterocycles. The van der Waals surface area contributed by atoms with E-state index in [9.17, 15) is 15.0 Å². The van der Waals surface area contributed by atoms with Crippen LogP contribution in [0.1, 0.15) is 189 Å². The summed E-state index contributed by atoms with van der Waals surface area (Å²) in [7, 11) is 0. The third kappa shape index (κ3) is 12.0. The molecule has 0 aromatic heterocycles. The van der Waals surface area contributed by atoms with Crippen LogP contribution in [0.4, 0.5) is 0 Å². The van der Waals surface area contributed by atoms with E-state index in [1.807, 2.05) is 25.1 Å². The van der Waals surface area contributed by atoms with Crippen molar-refractivity contribution < 1.29 is 29.2 Å². The summed E-state index contributed by atoms with van der Waals surface area (Å²) < 4.78 is 18.1. The molecule has 11 atom stereocenters. The fraction of sp³-hybridized carbons (Fsp3) is 0.574. The average molecular weight is 1000 g/mol. The molecule has 6 nitrogen and oxygen atoms in total. The lowest BCUT2D eigenvalue weighted by Gasteiger charge is -2.54. The lowest BCUT2D eigenvalue weighted by Crippen LogP contribution is -2.47. The first-order valence-corrected chi connectivity index (χ1v) is 29.5. The van der Waals surface area contributed by atoms with Crippen LogP contribution in [0.3, 0.4) is 0 Å². The number of aryl methyl sites for hydroxylation is 2. The Morgan fingerprint density at radius 2 is 1.47 bits per heavy atom. The van der Waals surface area contributed by atoms with Crippen LogP contribution in [-0.4, -0.2) is 35.0 Å². The normalized spacial score (nSPS) is 28.8. The van der Waals surface area contributed by atoms with Crippen LogP contribution in [0.2, 0.25) is 0 Å². The van der Waals surface area contributed by atoms with E-state index >= 15 is 0 Å². The van der Waals surface area contributed by atoms with Crippen molar-refractivity contribution in [1.82, 2.24) is 0 Å². The fourth-order valence-electron chi connectivity index (χ4n) is 16.1. The van der Waals surface area contributed by atoms with Gasteiger partial charge in [-0.3, -0.25) is 4.79 Å². The third-order valence-corrected chi connectivity index (χ3v) is 19.6. The highest BCUT2D eigenvalue weighted by Crippen LogP contribution is 2.64. The third-order valence-electron chi connectivity index (χ3n) is 19.6. The average Bonchev–Trinajstić information content (AvgIpc) is 3.93. The van der Waals surface area contributed by atoms with Gasteiger partial charge in [0.25, 0.3) is 0 Å². The van der Waals surface area contributed by atoms with Crippen LogP contribution < -0.4 is 4.74 Å². The quantitative estimate of drug-likeness (QED) is 0.0491. The van der Waals surface area contributed by atoms with Gasteiger partial charge in [-0.25, -0.2) is 0 Å². The van der Waals surface area contributed by atoms with Gasteiger partial charge in [-0.05, 0) is 201 Å². The number of benzene rings is 4. The number of allylic oxidation sites excluding steroid dienone is 3. The number of esters is 1. The smallest absolute Gasteiger partial charge is 0.308 e. The van der Waals surface area contributed by atoms with Gasteiger partial charge in [0.15, 0.2) is 0 Å². The molecule has 10 rings (SSSR count). The topological polar surface area (TPSA) is 85.2 Å². The standard InChI is InChI=1S/C35H38O2.C33H52O4/c1-3-10-28-22-35(2)32(19-20-33(35)37-24-26-13-8-5-9-14-26)31-17-15-27-21-29(16-18-30(27)34(28)31)36-23-25-11-6-4-7-12-25;1-4-12-23(32(36)37-5-2)13-10-8-6-7-9-11-14-25-22-33(3)29(19-20-30(33)35)28-17-15-24-21-26(34)16-18-27(24)31(25)28/h3-9,11-14,16,18,21,31-33H,1,10,15,17,19-20,22-24H2,2H3;16,18,21,23,25,28-31,34-35H,4-15,17,19-20,22H2,1-3H3/t31?,32?,33-,35-;23?,25-,28?,29?,30-,31?,33-/m00/s1. The van der Waals surface area contributed by atoms with E-state index in [1.54, 1.807) is 11.1 Å². The van der Waals surface area contributed by atoms with Gasteiger partial charge in [0.05, 0.1) is 31.3 Å². The van der Waals surface area contributed by atoms with E-state index in [2.05, 4.69) is 112 Å². The van der Waals surface area contributed by atoms with Gasteiger partial charge in [0.1, 0.15) is 18.1 Å². The van der Waals surface area contributed by atoms with E-state index < -0.39 is 0 Å². The summed E-state index contributed by atoms with van der Waals surface area (Å²) in [4.78, 5) is 12.1. The van der Waals surface area contributed by atoms with Gasteiger partial charge in [0.2, 0.25) is 0 Å². The Morgan fingerprint density at radius 1 is 0.757 bits per heavy atom. The molecule has 6 aliphatic carbocycles. The van der Waals surface area contributed by atoms with Crippen molar-refractivity contribution in [2.24, 2.45) is 46.3 Å². The van der Waals surface area contributed by atoms with Crippen molar-refractivity contribution in [2.45, 2.75) is 194 Å². The minimum absolute atomic E-state index is 0.00190. The second-order valence-corrected chi connectivity index (χ2v) is 24.1. The van der Waals surface area contributed by atoms with Gasteiger partial charge in [0, 0.05) is 5.41 Å². The summed E-state index contributed by atoms with van der Waals surface area (Å²) >= 11 is 0. The number of phenols is 1. The zero-order valence-corrected chi connectivity index (χ0v) is 45.7. The largest absolute Gasteiger partial charge is 0.508 e. The van der Waals surface area contributed by atoms with Crippen molar-refractivity contribution in [3.05, 3.63) is 149 Å².